The molecule has 0 amide bonds. The van der Waals surface area contributed by atoms with Gasteiger partial charge in [0.1, 0.15) is 5.82 Å². The molecule has 3 rings (SSSR count). The topological polar surface area (TPSA) is 55.9 Å². The summed E-state index contributed by atoms with van der Waals surface area (Å²) in [5, 5.41) is 7.32. The Kier molecular flexibility index (Phi) is 5.06. The highest BCUT2D eigenvalue weighted by molar-refractivity contribution is 5.35. The van der Waals surface area contributed by atoms with Crippen LogP contribution in [0.2, 0.25) is 0 Å². The fourth-order valence-corrected chi connectivity index (χ4v) is 2.44. The van der Waals surface area contributed by atoms with Gasteiger partial charge in [0.2, 0.25) is 0 Å². The molecule has 0 bridgehead atoms. The lowest BCUT2D eigenvalue weighted by Gasteiger charge is -2.13. The Labute approximate surface area is 147 Å². The summed E-state index contributed by atoms with van der Waals surface area (Å²) in [6.45, 7) is 0.325. The standard InChI is InChI=1S/C18H16F4N4/c19-14-3-1-2-12(10-14)17(23)24-11-15-8-9-26(25-15)16-6-4-13(5-7-16)18(20,21)22/h1-10,17,24H,11,23H2/t17-/m0/s1. The normalized spacial score (nSPS) is 13.0. The number of aromatic nitrogens is 2. The van der Waals surface area contributed by atoms with Crippen molar-refractivity contribution < 1.29 is 17.6 Å². The number of nitrogens with one attached hydrogen (secondary N) is 1. The molecule has 0 unspecified atom stereocenters. The molecule has 0 radical (unpaired) electrons. The van der Waals surface area contributed by atoms with E-state index in [1.807, 2.05) is 0 Å². The van der Waals surface area contributed by atoms with Crippen molar-refractivity contribution in [2.45, 2.75) is 18.9 Å². The first kappa shape index (κ1) is 18.1. The van der Waals surface area contributed by atoms with E-state index in [-0.39, 0.29) is 5.82 Å². The second-order valence-corrected chi connectivity index (χ2v) is 5.71. The van der Waals surface area contributed by atoms with Gasteiger partial charge in [-0.25, -0.2) is 9.07 Å². The van der Waals surface area contributed by atoms with Gasteiger partial charge in [0.25, 0.3) is 0 Å². The number of nitrogens with two attached hydrogens (primary N) is 1. The van der Waals surface area contributed by atoms with Crippen molar-refractivity contribution in [1.82, 2.24) is 15.1 Å². The fourth-order valence-electron chi connectivity index (χ4n) is 2.44. The molecule has 0 saturated carbocycles. The van der Waals surface area contributed by atoms with Crippen LogP contribution in [0.5, 0.6) is 0 Å². The van der Waals surface area contributed by atoms with Gasteiger partial charge in [-0.15, -0.1) is 0 Å². The van der Waals surface area contributed by atoms with Gasteiger partial charge in [0.15, 0.2) is 0 Å². The van der Waals surface area contributed by atoms with E-state index in [2.05, 4.69) is 10.4 Å². The molecule has 4 nitrogen and oxygen atoms in total. The first-order chi connectivity index (χ1) is 12.3. The Morgan fingerprint density at radius 2 is 1.81 bits per heavy atom. The number of rotatable bonds is 5. The lowest BCUT2D eigenvalue weighted by Crippen LogP contribution is -2.28. The average Bonchev–Trinajstić information content (AvgIpc) is 3.08. The molecule has 0 aliphatic heterocycles. The number of benzene rings is 2. The summed E-state index contributed by atoms with van der Waals surface area (Å²) in [5.41, 5.74) is 7.02. The van der Waals surface area contributed by atoms with Crippen molar-refractivity contribution in [3.63, 3.8) is 0 Å². The molecule has 136 valence electrons. The average molecular weight is 364 g/mol. The van der Waals surface area contributed by atoms with Crippen LogP contribution in [-0.2, 0) is 12.7 Å². The third kappa shape index (κ3) is 4.27. The highest BCUT2D eigenvalue weighted by Gasteiger charge is 2.30. The maximum atomic E-state index is 13.2. The fraction of sp³-hybridized carbons (Fsp3) is 0.167. The molecule has 1 aromatic heterocycles. The van der Waals surface area contributed by atoms with E-state index >= 15 is 0 Å². The minimum absolute atomic E-state index is 0.325. The second kappa shape index (κ2) is 7.27. The molecule has 0 spiro atoms. The van der Waals surface area contributed by atoms with Gasteiger partial charge in [-0.2, -0.15) is 18.3 Å². The van der Waals surface area contributed by atoms with Crippen LogP contribution in [0.1, 0.15) is 23.0 Å². The van der Waals surface area contributed by atoms with Gasteiger partial charge in [-0.05, 0) is 48.0 Å². The van der Waals surface area contributed by atoms with E-state index in [0.717, 1.165) is 12.1 Å². The predicted octanol–water partition coefficient (Wildman–Crippen LogP) is 3.78. The zero-order chi connectivity index (χ0) is 18.7. The number of halogens is 4. The summed E-state index contributed by atoms with van der Waals surface area (Å²) < 4.78 is 52.5. The van der Waals surface area contributed by atoms with E-state index in [1.165, 1.54) is 28.9 Å². The molecular weight excluding hydrogens is 348 g/mol. The molecular formula is C18H16F4N4. The van der Waals surface area contributed by atoms with E-state index in [1.54, 1.807) is 24.4 Å². The van der Waals surface area contributed by atoms with Crippen LogP contribution in [0.25, 0.3) is 5.69 Å². The minimum Gasteiger partial charge on any atom is -0.312 e. The Morgan fingerprint density at radius 1 is 1.08 bits per heavy atom. The van der Waals surface area contributed by atoms with Crippen molar-refractivity contribution in [2.24, 2.45) is 5.73 Å². The minimum atomic E-state index is -4.37. The van der Waals surface area contributed by atoms with E-state index in [4.69, 9.17) is 5.73 Å². The maximum absolute atomic E-state index is 13.2. The first-order valence-corrected chi connectivity index (χ1v) is 7.79. The molecule has 26 heavy (non-hydrogen) atoms. The number of hydrogen-bond acceptors (Lipinski definition) is 3. The predicted molar refractivity (Wildman–Crippen MR) is 88.7 cm³/mol. The third-order valence-corrected chi connectivity index (χ3v) is 3.81. The smallest absolute Gasteiger partial charge is 0.312 e. The SMILES string of the molecule is N[C@@H](NCc1ccn(-c2ccc(C(F)(F)F)cc2)n1)c1cccc(F)c1. The number of hydrogen-bond donors (Lipinski definition) is 2. The van der Waals surface area contributed by atoms with Gasteiger partial charge >= 0.3 is 6.18 Å². The van der Waals surface area contributed by atoms with Crippen LogP contribution in [-0.4, -0.2) is 9.78 Å². The first-order valence-electron chi connectivity index (χ1n) is 7.79. The van der Waals surface area contributed by atoms with Crippen LogP contribution < -0.4 is 11.1 Å². The van der Waals surface area contributed by atoms with Gasteiger partial charge in [0.05, 0.1) is 23.1 Å². The monoisotopic (exact) mass is 364 g/mol. The summed E-state index contributed by atoms with van der Waals surface area (Å²) in [6, 6.07) is 12.4. The largest absolute Gasteiger partial charge is 0.416 e. The van der Waals surface area contributed by atoms with Gasteiger partial charge in [-0.3, -0.25) is 5.32 Å². The Balaban J connectivity index is 1.64. The molecule has 0 aliphatic carbocycles. The molecule has 1 heterocycles. The van der Waals surface area contributed by atoms with Gasteiger partial charge < -0.3 is 5.73 Å². The molecule has 0 aliphatic rings. The van der Waals surface area contributed by atoms with Crippen molar-refractivity contribution in [2.75, 3.05) is 0 Å². The zero-order valence-electron chi connectivity index (χ0n) is 13.5. The Hall–Kier alpha value is -2.71. The molecule has 3 aromatic rings. The highest BCUT2D eigenvalue weighted by atomic mass is 19.4. The molecule has 0 fully saturated rings. The molecule has 2 aromatic carbocycles. The summed E-state index contributed by atoms with van der Waals surface area (Å²) in [4.78, 5) is 0. The Bertz CT molecular complexity index is 871. The van der Waals surface area contributed by atoms with Crippen LogP contribution in [0.3, 0.4) is 0 Å². The van der Waals surface area contributed by atoms with Crippen LogP contribution in [0.4, 0.5) is 17.6 Å². The number of alkyl halides is 3. The van der Waals surface area contributed by atoms with Gasteiger partial charge in [-0.1, -0.05) is 12.1 Å². The molecule has 8 heteroatoms. The van der Waals surface area contributed by atoms with Crippen LogP contribution >= 0.6 is 0 Å². The van der Waals surface area contributed by atoms with E-state index in [0.29, 0.717) is 23.5 Å². The summed E-state index contributed by atoms with van der Waals surface area (Å²) in [7, 11) is 0. The van der Waals surface area contributed by atoms with E-state index in [9.17, 15) is 17.6 Å². The molecule has 0 saturated heterocycles. The second-order valence-electron chi connectivity index (χ2n) is 5.71. The van der Waals surface area contributed by atoms with Crippen molar-refractivity contribution in [3.8, 4) is 5.69 Å². The van der Waals surface area contributed by atoms with Crippen LogP contribution in [0.15, 0.2) is 60.8 Å². The van der Waals surface area contributed by atoms with Crippen molar-refractivity contribution in [3.05, 3.63) is 83.4 Å². The summed E-state index contributed by atoms with van der Waals surface area (Å²) in [6.07, 6.45) is -3.29. The van der Waals surface area contributed by atoms with Crippen molar-refractivity contribution in [1.29, 1.82) is 0 Å². The Morgan fingerprint density at radius 3 is 2.46 bits per heavy atom. The maximum Gasteiger partial charge on any atom is 0.416 e. The highest BCUT2D eigenvalue weighted by Crippen LogP contribution is 2.29. The van der Waals surface area contributed by atoms with Gasteiger partial charge in [0, 0.05) is 12.7 Å². The summed E-state index contributed by atoms with van der Waals surface area (Å²) >= 11 is 0. The zero-order valence-corrected chi connectivity index (χ0v) is 13.5. The lowest BCUT2D eigenvalue weighted by molar-refractivity contribution is -0.137. The summed E-state index contributed by atoms with van der Waals surface area (Å²) in [5.74, 6) is -0.369. The molecule has 1 atom stereocenters. The van der Waals surface area contributed by atoms with E-state index < -0.39 is 17.9 Å². The van der Waals surface area contributed by atoms with Crippen LogP contribution in [0, 0.1) is 5.82 Å². The quantitative estimate of drug-likeness (QED) is 0.535. The molecule has 3 N–H and O–H groups in total. The third-order valence-electron chi connectivity index (χ3n) is 3.81. The lowest BCUT2D eigenvalue weighted by atomic mass is 10.2. The van der Waals surface area contributed by atoms with Crippen molar-refractivity contribution >= 4 is 0 Å². The number of nitrogens with zero attached hydrogens (tertiary/aromatic N) is 2.